The maximum atomic E-state index is 13.4. The highest BCUT2D eigenvalue weighted by Crippen LogP contribution is 2.38. The molecule has 8 heteroatoms. The predicted molar refractivity (Wildman–Crippen MR) is 107 cm³/mol. The Kier molecular flexibility index (Phi) is 4.34. The van der Waals surface area contributed by atoms with Gasteiger partial charge in [0.05, 0.1) is 12.1 Å². The van der Waals surface area contributed by atoms with E-state index in [1.165, 1.54) is 12.5 Å². The maximum absolute atomic E-state index is 13.4. The summed E-state index contributed by atoms with van der Waals surface area (Å²) in [5.74, 6) is 0.855. The van der Waals surface area contributed by atoms with Gasteiger partial charge in [0, 0.05) is 11.6 Å². The lowest BCUT2D eigenvalue weighted by molar-refractivity contribution is -0.141. The van der Waals surface area contributed by atoms with Crippen LogP contribution in [0, 0.1) is 6.92 Å². The number of benzene rings is 1. The summed E-state index contributed by atoms with van der Waals surface area (Å²) in [7, 11) is 0. The third-order valence-electron chi connectivity index (χ3n) is 6.08. The van der Waals surface area contributed by atoms with Crippen LogP contribution < -0.4 is 5.32 Å². The van der Waals surface area contributed by atoms with Crippen molar-refractivity contribution in [2.75, 3.05) is 5.32 Å². The molecule has 1 aromatic carbocycles. The highest BCUT2D eigenvalue weighted by atomic mass is 19.4. The maximum Gasteiger partial charge on any atom is 0.433 e. The molecule has 0 bridgehead atoms. The second-order valence-electron chi connectivity index (χ2n) is 8.20. The summed E-state index contributed by atoms with van der Waals surface area (Å²) in [5, 5.41) is 2.83. The molecule has 30 heavy (non-hydrogen) atoms. The molecule has 0 radical (unpaired) electrons. The average molecular weight is 414 g/mol. The van der Waals surface area contributed by atoms with E-state index in [1.54, 1.807) is 4.57 Å². The zero-order valence-electron chi connectivity index (χ0n) is 16.5. The van der Waals surface area contributed by atoms with Crippen molar-refractivity contribution < 1.29 is 18.0 Å². The number of hydrogen-bond acceptors (Lipinski definition) is 3. The summed E-state index contributed by atoms with van der Waals surface area (Å²) in [6.07, 6.45) is 0.970. The normalized spacial score (nSPS) is 17.4. The Morgan fingerprint density at radius 2 is 1.87 bits per heavy atom. The third-order valence-corrected chi connectivity index (χ3v) is 6.08. The van der Waals surface area contributed by atoms with E-state index in [4.69, 9.17) is 4.98 Å². The number of hydrogen-bond donors (Lipinski definition) is 1. The van der Waals surface area contributed by atoms with Crippen LogP contribution in [0.3, 0.4) is 0 Å². The molecular formula is C22H21F3N4O. The van der Waals surface area contributed by atoms with E-state index >= 15 is 0 Å². The first-order valence-electron chi connectivity index (χ1n) is 10.2. The first-order valence-corrected chi connectivity index (χ1v) is 10.2. The molecule has 2 aromatic heterocycles. The fourth-order valence-corrected chi connectivity index (χ4v) is 4.62. The number of nitrogens with zero attached hydrogens (tertiary/aromatic N) is 3. The molecule has 0 unspecified atom stereocenters. The van der Waals surface area contributed by atoms with Crippen molar-refractivity contribution >= 4 is 22.8 Å². The molecular weight excluding hydrogens is 393 g/mol. The summed E-state index contributed by atoms with van der Waals surface area (Å²) in [6, 6.07) is 6.15. The number of aryl methyl sites for hydroxylation is 1. The van der Waals surface area contributed by atoms with Crippen molar-refractivity contribution in [1.29, 1.82) is 0 Å². The minimum absolute atomic E-state index is 0.0815. The molecule has 5 nitrogen and oxygen atoms in total. The number of carbonyl (C=O) groups is 1. The van der Waals surface area contributed by atoms with Gasteiger partial charge in [0.1, 0.15) is 17.0 Å². The summed E-state index contributed by atoms with van der Waals surface area (Å²) in [4.78, 5) is 20.5. The molecule has 1 aliphatic heterocycles. The second-order valence-corrected chi connectivity index (χ2v) is 8.20. The molecule has 156 valence electrons. The number of nitrogens with one attached hydrogen (secondary N) is 1. The van der Waals surface area contributed by atoms with Crippen LogP contribution >= 0.6 is 0 Å². The van der Waals surface area contributed by atoms with Crippen LogP contribution in [0.1, 0.15) is 60.7 Å². The van der Waals surface area contributed by atoms with Gasteiger partial charge in [-0.2, -0.15) is 13.2 Å². The van der Waals surface area contributed by atoms with Gasteiger partial charge in [-0.05, 0) is 55.2 Å². The van der Waals surface area contributed by atoms with Crippen LogP contribution in [-0.4, -0.2) is 20.4 Å². The summed E-state index contributed by atoms with van der Waals surface area (Å²) in [5.41, 5.74) is 2.93. The van der Waals surface area contributed by atoms with Gasteiger partial charge in [-0.1, -0.05) is 19.3 Å². The Hall–Kier alpha value is -2.90. The number of fused-ring (bicyclic) bond motifs is 2. The lowest BCUT2D eigenvalue weighted by Crippen LogP contribution is -2.13. The van der Waals surface area contributed by atoms with Crippen LogP contribution in [-0.2, 0) is 17.4 Å². The SMILES string of the molecule is Cc1cc2c(cc1-n1c(C3CCCCC3)nc3ccc(C(F)(F)F)nc31)CC(=O)N2. The molecule has 1 N–H and O–H groups in total. The number of halogens is 3. The predicted octanol–water partition coefficient (Wildman–Crippen LogP) is 5.29. The first kappa shape index (κ1) is 19.1. The Bertz CT molecular complexity index is 1160. The molecule has 1 fully saturated rings. The van der Waals surface area contributed by atoms with Gasteiger partial charge in [0.15, 0.2) is 5.65 Å². The van der Waals surface area contributed by atoms with Gasteiger partial charge in [-0.3, -0.25) is 9.36 Å². The van der Waals surface area contributed by atoms with E-state index in [0.29, 0.717) is 5.52 Å². The van der Waals surface area contributed by atoms with E-state index in [-0.39, 0.29) is 23.9 Å². The van der Waals surface area contributed by atoms with E-state index < -0.39 is 11.9 Å². The second kappa shape index (κ2) is 6.82. The monoisotopic (exact) mass is 414 g/mol. The van der Waals surface area contributed by atoms with Crippen LogP contribution in [0.2, 0.25) is 0 Å². The minimum Gasteiger partial charge on any atom is -0.326 e. The number of rotatable bonds is 2. The Morgan fingerprint density at radius 3 is 2.60 bits per heavy atom. The Morgan fingerprint density at radius 1 is 1.10 bits per heavy atom. The van der Waals surface area contributed by atoms with Gasteiger partial charge in [0.2, 0.25) is 5.91 Å². The standard InChI is InChI=1S/C22H21F3N4O/c1-12-9-16-14(11-19(30)26-16)10-17(12)29-20(13-5-3-2-4-6-13)27-15-7-8-18(22(23,24)25)28-21(15)29/h7-10,13H,2-6,11H2,1H3,(H,26,30). The first-order chi connectivity index (χ1) is 14.3. The summed E-state index contributed by atoms with van der Waals surface area (Å²) >= 11 is 0. The molecule has 0 spiro atoms. The van der Waals surface area contributed by atoms with Crippen molar-refractivity contribution in [2.24, 2.45) is 0 Å². The summed E-state index contributed by atoms with van der Waals surface area (Å²) < 4.78 is 41.9. The van der Waals surface area contributed by atoms with Crippen molar-refractivity contribution in [3.63, 3.8) is 0 Å². The molecule has 2 aliphatic rings. The quantitative estimate of drug-likeness (QED) is 0.620. The number of aromatic nitrogens is 3. The lowest BCUT2D eigenvalue weighted by Gasteiger charge is -2.23. The number of imidazole rings is 1. The van der Waals surface area contributed by atoms with Gasteiger partial charge in [-0.15, -0.1) is 0 Å². The van der Waals surface area contributed by atoms with Crippen molar-refractivity contribution in [2.45, 2.75) is 57.5 Å². The number of anilines is 1. The molecule has 1 aliphatic carbocycles. The molecule has 3 heterocycles. The topological polar surface area (TPSA) is 59.8 Å². The van der Waals surface area contributed by atoms with E-state index in [1.807, 2.05) is 19.1 Å². The number of carbonyl (C=O) groups excluding carboxylic acids is 1. The van der Waals surface area contributed by atoms with Gasteiger partial charge >= 0.3 is 6.18 Å². The molecule has 1 amide bonds. The average Bonchev–Trinajstić information content (AvgIpc) is 3.26. The molecule has 5 rings (SSSR count). The third kappa shape index (κ3) is 3.14. The highest BCUT2D eigenvalue weighted by Gasteiger charge is 2.34. The Balaban J connectivity index is 1.76. The smallest absolute Gasteiger partial charge is 0.326 e. The van der Waals surface area contributed by atoms with Crippen molar-refractivity contribution in [1.82, 2.24) is 14.5 Å². The van der Waals surface area contributed by atoms with Crippen LogP contribution in [0.5, 0.6) is 0 Å². The molecule has 1 saturated carbocycles. The molecule has 0 saturated heterocycles. The highest BCUT2D eigenvalue weighted by molar-refractivity contribution is 5.99. The van der Waals surface area contributed by atoms with Gasteiger partial charge in [0.25, 0.3) is 0 Å². The summed E-state index contributed by atoms with van der Waals surface area (Å²) in [6.45, 7) is 1.89. The number of alkyl halides is 3. The van der Waals surface area contributed by atoms with Crippen LogP contribution in [0.4, 0.5) is 18.9 Å². The fraction of sp³-hybridized carbons (Fsp3) is 0.409. The van der Waals surface area contributed by atoms with Gasteiger partial charge < -0.3 is 5.32 Å². The van der Waals surface area contributed by atoms with Crippen molar-refractivity contribution in [3.05, 3.63) is 46.9 Å². The molecule has 0 atom stereocenters. The van der Waals surface area contributed by atoms with E-state index in [2.05, 4.69) is 10.3 Å². The van der Waals surface area contributed by atoms with E-state index in [9.17, 15) is 18.0 Å². The minimum atomic E-state index is -4.53. The van der Waals surface area contributed by atoms with Crippen LogP contribution in [0.25, 0.3) is 16.9 Å². The zero-order valence-corrected chi connectivity index (χ0v) is 16.5. The van der Waals surface area contributed by atoms with Gasteiger partial charge in [-0.25, -0.2) is 9.97 Å². The van der Waals surface area contributed by atoms with Crippen LogP contribution in [0.15, 0.2) is 24.3 Å². The largest absolute Gasteiger partial charge is 0.433 e. The lowest BCUT2D eigenvalue weighted by atomic mass is 9.88. The number of pyridine rings is 1. The van der Waals surface area contributed by atoms with E-state index in [0.717, 1.165) is 60.1 Å². The zero-order chi connectivity index (χ0) is 21.0. The van der Waals surface area contributed by atoms with Crippen molar-refractivity contribution in [3.8, 4) is 5.69 Å². The number of amides is 1. The Labute approximate surface area is 171 Å². The fourth-order valence-electron chi connectivity index (χ4n) is 4.62. The molecule has 3 aromatic rings.